The minimum absolute atomic E-state index is 0.0310. The molecule has 0 aliphatic heterocycles. The fourth-order valence-electron chi connectivity index (χ4n) is 6.62. The van der Waals surface area contributed by atoms with Gasteiger partial charge in [-0.25, -0.2) is 0 Å². The van der Waals surface area contributed by atoms with Crippen LogP contribution in [-0.4, -0.2) is 87.9 Å². The first kappa shape index (κ1) is 27.3. The number of carbonyl (C=O) groups excluding carboxylic acids is 5. The standard InChI is InChI=1S/C25H30N4O9/c1-5-28(6-2)13-9-14(29(37)38)19(30)16-11(13)7-10-8-12-18(27(3)4)21(32)17(24(26)35)23(34)25(12,36)22(33)15(10)20(16)31/h9-10,12,15,17-18,30,36H,5-8H2,1-4H3,(H2,26,35)/t10?,12?,15?,17?,18-,25-/m0/s1. The fraction of sp³-hybridized carbons (Fsp3) is 0.560. The zero-order valence-electron chi connectivity index (χ0n) is 21.5. The predicted molar refractivity (Wildman–Crippen MR) is 132 cm³/mol. The number of amides is 1. The molecule has 3 aliphatic carbocycles. The maximum Gasteiger partial charge on any atom is 0.313 e. The molecule has 0 saturated heterocycles. The number of nitro groups is 1. The Bertz CT molecular complexity index is 1290. The summed E-state index contributed by atoms with van der Waals surface area (Å²) in [6.45, 7) is 4.52. The molecule has 0 heterocycles. The van der Waals surface area contributed by atoms with Gasteiger partial charge in [0.15, 0.2) is 34.7 Å². The maximum atomic E-state index is 13.9. The molecule has 0 bridgehead atoms. The van der Waals surface area contributed by atoms with Crippen LogP contribution in [0.1, 0.15) is 36.2 Å². The van der Waals surface area contributed by atoms with Crippen molar-refractivity contribution in [3.8, 4) is 5.75 Å². The maximum absolute atomic E-state index is 13.9. The molecule has 204 valence electrons. The third-order valence-electron chi connectivity index (χ3n) is 8.32. The third kappa shape index (κ3) is 3.56. The van der Waals surface area contributed by atoms with E-state index in [2.05, 4.69) is 0 Å². The highest BCUT2D eigenvalue weighted by Crippen LogP contribution is 2.53. The van der Waals surface area contributed by atoms with Crippen molar-refractivity contribution >= 4 is 40.4 Å². The number of nitrogens with two attached hydrogens (primary N) is 1. The molecule has 1 aromatic carbocycles. The van der Waals surface area contributed by atoms with E-state index >= 15 is 0 Å². The lowest BCUT2D eigenvalue weighted by Crippen LogP contribution is -2.74. The van der Waals surface area contributed by atoms with Crippen molar-refractivity contribution < 1.29 is 39.1 Å². The van der Waals surface area contributed by atoms with Crippen LogP contribution in [0.4, 0.5) is 11.4 Å². The van der Waals surface area contributed by atoms with Gasteiger partial charge in [-0.15, -0.1) is 0 Å². The Morgan fingerprint density at radius 2 is 1.79 bits per heavy atom. The lowest BCUT2D eigenvalue weighted by molar-refractivity contribution is -0.385. The SMILES string of the molecule is CCN(CC)c1cc([N+](=O)[O-])c(O)c2c1CC1CC3[C@H](N(C)C)C(=O)C(C(N)=O)C(=O)[C@@]3(O)C(=O)C1C2=O. The van der Waals surface area contributed by atoms with Gasteiger partial charge in [-0.1, -0.05) is 0 Å². The summed E-state index contributed by atoms with van der Waals surface area (Å²) in [5.74, 6) is -12.3. The van der Waals surface area contributed by atoms with E-state index in [1.807, 2.05) is 13.8 Å². The first-order chi connectivity index (χ1) is 17.7. The van der Waals surface area contributed by atoms with Gasteiger partial charge in [-0.05, 0) is 52.3 Å². The molecule has 2 fully saturated rings. The molecule has 4 N–H and O–H groups in total. The number of nitrogens with zero attached hydrogens (tertiary/aromatic N) is 3. The molecule has 3 aliphatic rings. The van der Waals surface area contributed by atoms with Crippen LogP contribution in [0.25, 0.3) is 0 Å². The Balaban J connectivity index is 1.94. The van der Waals surface area contributed by atoms with Gasteiger partial charge in [0, 0.05) is 30.8 Å². The van der Waals surface area contributed by atoms with Crippen LogP contribution < -0.4 is 10.6 Å². The highest BCUT2D eigenvalue weighted by Gasteiger charge is 2.69. The topological polar surface area (TPSA) is 201 Å². The quantitative estimate of drug-likeness (QED) is 0.246. The Hall–Kier alpha value is -3.71. The van der Waals surface area contributed by atoms with Crippen molar-refractivity contribution in [2.24, 2.45) is 29.4 Å². The summed E-state index contributed by atoms with van der Waals surface area (Å²) in [6, 6.07) is -0.00660. The van der Waals surface area contributed by atoms with E-state index in [-0.39, 0.29) is 12.8 Å². The van der Waals surface area contributed by atoms with Crippen molar-refractivity contribution in [2.75, 3.05) is 32.1 Å². The van der Waals surface area contributed by atoms with Crippen LogP contribution in [0.5, 0.6) is 5.75 Å². The second-order valence-corrected chi connectivity index (χ2v) is 10.3. The van der Waals surface area contributed by atoms with Gasteiger partial charge in [0.25, 0.3) is 0 Å². The van der Waals surface area contributed by atoms with E-state index in [1.165, 1.54) is 25.1 Å². The molecule has 13 nitrogen and oxygen atoms in total. The molecular weight excluding hydrogens is 500 g/mol. The van der Waals surface area contributed by atoms with Gasteiger partial charge < -0.3 is 20.8 Å². The number of hydrogen-bond acceptors (Lipinski definition) is 11. The number of phenolic OH excluding ortho intramolecular Hbond substituents is 1. The van der Waals surface area contributed by atoms with Gasteiger partial charge in [0.2, 0.25) is 11.7 Å². The second kappa shape index (κ2) is 9.24. The first-order valence-electron chi connectivity index (χ1n) is 12.4. The summed E-state index contributed by atoms with van der Waals surface area (Å²) in [5, 5.41) is 34.1. The monoisotopic (exact) mass is 530 g/mol. The average Bonchev–Trinajstić information content (AvgIpc) is 2.82. The molecule has 4 rings (SSSR count). The molecule has 38 heavy (non-hydrogen) atoms. The molecule has 4 unspecified atom stereocenters. The lowest BCUT2D eigenvalue weighted by atomic mass is 9.52. The van der Waals surface area contributed by atoms with E-state index < -0.39 is 86.3 Å². The van der Waals surface area contributed by atoms with E-state index in [4.69, 9.17) is 5.73 Å². The number of hydrogen-bond donors (Lipinski definition) is 3. The fourth-order valence-corrected chi connectivity index (χ4v) is 6.62. The highest BCUT2D eigenvalue weighted by molar-refractivity contribution is 6.32. The van der Waals surface area contributed by atoms with Crippen molar-refractivity contribution in [3.05, 3.63) is 27.3 Å². The normalized spacial score (nSPS) is 30.5. The zero-order valence-corrected chi connectivity index (χ0v) is 21.5. The summed E-state index contributed by atoms with van der Waals surface area (Å²) < 4.78 is 0. The number of carbonyl (C=O) groups is 5. The third-order valence-corrected chi connectivity index (χ3v) is 8.32. The zero-order chi connectivity index (χ0) is 28.4. The molecule has 1 aromatic rings. The molecule has 1 amide bonds. The number of ketones is 4. The van der Waals surface area contributed by atoms with Crippen LogP contribution in [0, 0.1) is 33.8 Å². The molecule has 0 spiro atoms. The Kier molecular flexibility index (Phi) is 6.65. The minimum Gasteiger partial charge on any atom is -0.502 e. The molecule has 6 atom stereocenters. The molecule has 13 heteroatoms. The number of aliphatic hydroxyl groups is 1. The summed E-state index contributed by atoms with van der Waals surface area (Å²) in [7, 11) is 3.01. The van der Waals surface area contributed by atoms with E-state index in [0.29, 0.717) is 24.3 Å². The van der Waals surface area contributed by atoms with Gasteiger partial charge >= 0.3 is 5.69 Å². The predicted octanol–water partition coefficient (Wildman–Crippen LogP) is -0.379. The number of phenols is 1. The smallest absolute Gasteiger partial charge is 0.313 e. The summed E-state index contributed by atoms with van der Waals surface area (Å²) in [5.41, 5.74) is 2.04. The van der Waals surface area contributed by atoms with Crippen LogP contribution in [-0.2, 0) is 25.6 Å². The van der Waals surface area contributed by atoms with Gasteiger partial charge in [0.1, 0.15) is 0 Å². The van der Waals surface area contributed by atoms with Gasteiger partial charge in [-0.2, -0.15) is 0 Å². The number of rotatable bonds is 6. The van der Waals surface area contributed by atoms with E-state index in [9.17, 15) is 44.3 Å². The van der Waals surface area contributed by atoms with Crippen molar-refractivity contribution in [1.82, 2.24) is 4.90 Å². The van der Waals surface area contributed by atoms with Crippen LogP contribution in [0.15, 0.2) is 6.07 Å². The number of nitro benzene ring substituents is 1. The summed E-state index contributed by atoms with van der Waals surface area (Å²) >= 11 is 0. The largest absolute Gasteiger partial charge is 0.502 e. The molecule has 0 aromatic heterocycles. The minimum atomic E-state index is -2.85. The van der Waals surface area contributed by atoms with Crippen molar-refractivity contribution in [2.45, 2.75) is 38.3 Å². The summed E-state index contributed by atoms with van der Waals surface area (Å²) in [6.07, 6.45) is -0.0669. The number of Topliss-reactive ketones (excluding diaryl/α,β-unsaturated/α-hetero) is 4. The van der Waals surface area contributed by atoms with Crippen LogP contribution in [0.2, 0.25) is 0 Å². The number of fused-ring (bicyclic) bond motifs is 3. The van der Waals surface area contributed by atoms with Crippen molar-refractivity contribution in [3.63, 3.8) is 0 Å². The van der Waals surface area contributed by atoms with Crippen LogP contribution >= 0.6 is 0 Å². The Morgan fingerprint density at radius 1 is 1.18 bits per heavy atom. The lowest BCUT2D eigenvalue weighted by Gasteiger charge is -2.52. The van der Waals surface area contributed by atoms with Gasteiger partial charge in [-0.3, -0.25) is 39.0 Å². The van der Waals surface area contributed by atoms with Crippen molar-refractivity contribution in [1.29, 1.82) is 0 Å². The number of anilines is 1. The summed E-state index contributed by atoms with van der Waals surface area (Å²) in [4.78, 5) is 80.2. The van der Waals surface area contributed by atoms with Gasteiger partial charge in [0.05, 0.1) is 22.4 Å². The Morgan fingerprint density at radius 3 is 2.29 bits per heavy atom. The van der Waals surface area contributed by atoms with Crippen LogP contribution in [0.3, 0.4) is 0 Å². The molecular formula is C25H30N4O9. The molecule has 0 radical (unpaired) electrons. The highest BCUT2D eigenvalue weighted by atomic mass is 16.6. The number of aromatic hydroxyl groups is 1. The Labute approximate surface area is 217 Å². The average molecular weight is 531 g/mol. The van der Waals surface area contributed by atoms with E-state index in [0.717, 1.165) is 0 Å². The molecule has 2 saturated carbocycles. The number of primary amides is 1. The number of benzene rings is 1. The second-order valence-electron chi connectivity index (χ2n) is 10.3. The first-order valence-corrected chi connectivity index (χ1v) is 12.4. The van der Waals surface area contributed by atoms with E-state index in [1.54, 1.807) is 4.90 Å². The number of likely N-dealkylation sites (N-methyl/N-ethyl adjacent to an activating group) is 1.